The van der Waals surface area contributed by atoms with Crippen molar-refractivity contribution in [1.29, 1.82) is 0 Å². The minimum absolute atomic E-state index is 0.0686. The van der Waals surface area contributed by atoms with Gasteiger partial charge in [-0.15, -0.1) is 0 Å². The van der Waals surface area contributed by atoms with Crippen LogP contribution in [-0.4, -0.2) is 23.0 Å². The van der Waals surface area contributed by atoms with Crippen molar-refractivity contribution in [2.24, 2.45) is 11.8 Å². The van der Waals surface area contributed by atoms with Gasteiger partial charge in [0.15, 0.2) is 0 Å². The molecule has 0 aromatic heterocycles. The number of benzene rings is 1. The van der Waals surface area contributed by atoms with Crippen LogP contribution < -0.4 is 5.32 Å². The van der Waals surface area contributed by atoms with Gasteiger partial charge < -0.3 is 10.4 Å². The number of carboxylic acids is 1. The van der Waals surface area contributed by atoms with Crippen molar-refractivity contribution in [1.82, 2.24) is 5.32 Å². The Kier molecular flexibility index (Phi) is 4.60. The summed E-state index contributed by atoms with van der Waals surface area (Å²) in [7, 11) is 0. The van der Waals surface area contributed by atoms with E-state index in [0.717, 1.165) is 5.56 Å². The predicted octanol–water partition coefficient (Wildman–Crippen LogP) is 2.54. The van der Waals surface area contributed by atoms with Crippen LogP contribution in [0.15, 0.2) is 24.3 Å². The molecule has 1 saturated carbocycles. The van der Waals surface area contributed by atoms with Gasteiger partial charge in [0, 0.05) is 5.92 Å². The summed E-state index contributed by atoms with van der Waals surface area (Å²) in [5, 5.41) is 11.7. The summed E-state index contributed by atoms with van der Waals surface area (Å²) in [5.74, 6) is -1.47. The maximum atomic E-state index is 12.9. The van der Waals surface area contributed by atoms with Crippen molar-refractivity contribution in [3.63, 3.8) is 0 Å². The Labute approximate surface area is 123 Å². The standard InChI is InChI=1S/C16H20FNO3/c1-9(2)7-14(16(20)21)18-15(19)13-8-12(13)10-3-5-11(17)6-4-10/h3-6,9,12-14H,7-8H2,1-2H3,(H,18,19)(H,20,21)/t12?,13?,14-/m1/s1. The third-order valence-electron chi connectivity index (χ3n) is 3.75. The van der Waals surface area contributed by atoms with Gasteiger partial charge in [-0.25, -0.2) is 9.18 Å². The molecule has 1 aromatic rings. The van der Waals surface area contributed by atoms with Gasteiger partial charge in [-0.05, 0) is 42.4 Å². The van der Waals surface area contributed by atoms with Crippen LogP contribution in [0.2, 0.25) is 0 Å². The molecule has 0 radical (unpaired) electrons. The molecule has 2 unspecified atom stereocenters. The SMILES string of the molecule is CC(C)C[C@@H](NC(=O)C1CC1c1ccc(F)cc1)C(=O)O. The van der Waals surface area contributed by atoms with Gasteiger partial charge in [0.05, 0.1) is 0 Å². The highest BCUT2D eigenvalue weighted by molar-refractivity contribution is 5.87. The molecule has 0 spiro atoms. The molecule has 2 rings (SSSR count). The first-order valence-corrected chi connectivity index (χ1v) is 7.17. The Bertz CT molecular complexity index is 527. The van der Waals surface area contributed by atoms with Gasteiger partial charge >= 0.3 is 5.97 Å². The van der Waals surface area contributed by atoms with Gasteiger partial charge in [-0.3, -0.25) is 4.79 Å². The number of carbonyl (C=O) groups is 2. The van der Waals surface area contributed by atoms with E-state index in [4.69, 9.17) is 5.11 Å². The van der Waals surface area contributed by atoms with Crippen LogP contribution >= 0.6 is 0 Å². The van der Waals surface area contributed by atoms with E-state index in [1.807, 2.05) is 13.8 Å². The summed E-state index contributed by atoms with van der Waals surface area (Å²) in [5.41, 5.74) is 0.923. The number of hydrogen-bond acceptors (Lipinski definition) is 2. The second-order valence-electron chi connectivity index (χ2n) is 6.03. The smallest absolute Gasteiger partial charge is 0.326 e. The molecule has 21 heavy (non-hydrogen) atoms. The summed E-state index contributed by atoms with van der Waals surface area (Å²) in [4.78, 5) is 23.2. The van der Waals surface area contributed by atoms with E-state index in [-0.39, 0.29) is 29.5 Å². The van der Waals surface area contributed by atoms with Gasteiger partial charge in [-0.1, -0.05) is 26.0 Å². The summed E-state index contributed by atoms with van der Waals surface area (Å²) in [6, 6.07) is 5.27. The second kappa shape index (κ2) is 6.24. The Morgan fingerprint density at radius 1 is 1.33 bits per heavy atom. The molecule has 5 heteroatoms. The van der Waals surface area contributed by atoms with Crippen LogP contribution in [0.3, 0.4) is 0 Å². The fourth-order valence-electron chi connectivity index (χ4n) is 2.53. The quantitative estimate of drug-likeness (QED) is 0.847. The number of hydrogen-bond donors (Lipinski definition) is 2. The fraction of sp³-hybridized carbons (Fsp3) is 0.500. The molecule has 1 aliphatic carbocycles. The number of carbonyl (C=O) groups excluding carboxylic acids is 1. The summed E-state index contributed by atoms with van der Waals surface area (Å²) < 4.78 is 12.9. The Morgan fingerprint density at radius 3 is 2.48 bits per heavy atom. The maximum Gasteiger partial charge on any atom is 0.326 e. The topological polar surface area (TPSA) is 66.4 Å². The maximum absolute atomic E-state index is 12.9. The zero-order valence-corrected chi connectivity index (χ0v) is 12.2. The lowest BCUT2D eigenvalue weighted by Crippen LogP contribution is -2.42. The Hall–Kier alpha value is -1.91. The van der Waals surface area contributed by atoms with E-state index in [1.165, 1.54) is 12.1 Å². The average molecular weight is 293 g/mol. The lowest BCUT2D eigenvalue weighted by Gasteiger charge is -2.16. The fourth-order valence-corrected chi connectivity index (χ4v) is 2.53. The molecule has 1 aromatic carbocycles. The third-order valence-corrected chi connectivity index (χ3v) is 3.75. The van der Waals surface area contributed by atoms with Crippen LogP contribution in [0.1, 0.15) is 38.2 Å². The molecule has 114 valence electrons. The van der Waals surface area contributed by atoms with Gasteiger partial charge in [0.25, 0.3) is 0 Å². The molecular formula is C16H20FNO3. The van der Waals surface area contributed by atoms with Crippen molar-refractivity contribution in [2.75, 3.05) is 0 Å². The third kappa shape index (κ3) is 4.03. The first-order chi connectivity index (χ1) is 9.88. The summed E-state index contributed by atoms with van der Waals surface area (Å²) in [6.45, 7) is 3.83. The zero-order chi connectivity index (χ0) is 15.6. The Balaban J connectivity index is 1.93. The molecule has 1 amide bonds. The van der Waals surface area contributed by atoms with E-state index < -0.39 is 12.0 Å². The number of halogens is 1. The van der Waals surface area contributed by atoms with Gasteiger partial charge in [0.1, 0.15) is 11.9 Å². The monoisotopic (exact) mass is 293 g/mol. The second-order valence-corrected chi connectivity index (χ2v) is 6.03. The van der Waals surface area contributed by atoms with Crippen LogP contribution in [0.4, 0.5) is 4.39 Å². The zero-order valence-electron chi connectivity index (χ0n) is 12.2. The van der Waals surface area contributed by atoms with Crippen molar-refractivity contribution in [3.05, 3.63) is 35.6 Å². The highest BCUT2D eigenvalue weighted by Crippen LogP contribution is 2.47. The number of carboxylic acid groups (broad SMARTS) is 1. The molecule has 2 N–H and O–H groups in total. The van der Waals surface area contributed by atoms with E-state index in [9.17, 15) is 14.0 Å². The normalized spacial score (nSPS) is 21.9. The van der Waals surface area contributed by atoms with Gasteiger partial charge in [0.2, 0.25) is 5.91 Å². The first kappa shape index (κ1) is 15.5. The van der Waals surface area contributed by atoms with E-state index >= 15 is 0 Å². The predicted molar refractivity (Wildman–Crippen MR) is 76.3 cm³/mol. The first-order valence-electron chi connectivity index (χ1n) is 7.17. The van der Waals surface area contributed by atoms with Crippen molar-refractivity contribution in [2.45, 2.75) is 38.6 Å². The molecule has 0 heterocycles. The van der Waals surface area contributed by atoms with E-state index in [0.29, 0.717) is 12.8 Å². The Morgan fingerprint density at radius 2 is 1.95 bits per heavy atom. The minimum Gasteiger partial charge on any atom is -0.480 e. The van der Waals surface area contributed by atoms with E-state index in [2.05, 4.69) is 5.32 Å². The average Bonchev–Trinajstić information content (AvgIpc) is 3.18. The molecular weight excluding hydrogens is 273 g/mol. The highest BCUT2D eigenvalue weighted by atomic mass is 19.1. The summed E-state index contributed by atoms with van der Waals surface area (Å²) in [6.07, 6.45) is 1.10. The van der Waals surface area contributed by atoms with Gasteiger partial charge in [-0.2, -0.15) is 0 Å². The molecule has 4 nitrogen and oxygen atoms in total. The molecule has 0 aliphatic heterocycles. The van der Waals surface area contributed by atoms with Crippen molar-refractivity contribution >= 4 is 11.9 Å². The number of amides is 1. The molecule has 0 saturated heterocycles. The molecule has 3 atom stereocenters. The molecule has 0 bridgehead atoms. The number of rotatable bonds is 6. The van der Waals surface area contributed by atoms with Crippen molar-refractivity contribution < 1.29 is 19.1 Å². The summed E-state index contributed by atoms with van der Waals surface area (Å²) >= 11 is 0. The minimum atomic E-state index is -1.00. The highest BCUT2D eigenvalue weighted by Gasteiger charge is 2.44. The van der Waals surface area contributed by atoms with Crippen LogP contribution in [-0.2, 0) is 9.59 Å². The van der Waals surface area contributed by atoms with Crippen molar-refractivity contribution in [3.8, 4) is 0 Å². The number of nitrogens with one attached hydrogen (secondary N) is 1. The lowest BCUT2D eigenvalue weighted by atomic mass is 10.0. The van der Waals surface area contributed by atoms with Crippen LogP contribution in [0, 0.1) is 17.7 Å². The molecule has 1 fully saturated rings. The lowest BCUT2D eigenvalue weighted by molar-refractivity contribution is -0.142. The van der Waals surface area contributed by atoms with E-state index in [1.54, 1.807) is 12.1 Å². The largest absolute Gasteiger partial charge is 0.480 e. The number of aliphatic carboxylic acids is 1. The van der Waals surface area contributed by atoms with Crippen LogP contribution in [0.25, 0.3) is 0 Å². The molecule has 1 aliphatic rings. The van der Waals surface area contributed by atoms with Crippen LogP contribution in [0.5, 0.6) is 0 Å².